The molecule has 1 saturated heterocycles. The van der Waals surface area contributed by atoms with Crippen molar-refractivity contribution in [2.45, 2.75) is 25.5 Å². The summed E-state index contributed by atoms with van der Waals surface area (Å²) in [6.07, 6.45) is 2.58. The van der Waals surface area contributed by atoms with Crippen LogP contribution in [0.15, 0.2) is 18.3 Å². The lowest BCUT2D eigenvalue weighted by molar-refractivity contribution is 0.0839. The summed E-state index contributed by atoms with van der Waals surface area (Å²) in [5, 5.41) is 9.87. The Hall–Kier alpha value is -1.13. The molecular weight excluding hydrogens is 190 g/mol. The molecule has 0 aliphatic carbocycles. The van der Waals surface area contributed by atoms with Crippen molar-refractivity contribution in [2.75, 3.05) is 18.0 Å². The van der Waals surface area contributed by atoms with E-state index in [4.69, 9.17) is 5.73 Å². The van der Waals surface area contributed by atoms with E-state index >= 15 is 0 Å². The van der Waals surface area contributed by atoms with Gasteiger partial charge < -0.3 is 15.7 Å². The van der Waals surface area contributed by atoms with Crippen LogP contribution in [0.2, 0.25) is 0 Å². The number of aliphatic hydroxyl groups is 1. The summed E-state index contributed by atoms with van der Waals surface area (Å²) in [4.78, 5) is 6.32. The maximum absolute atomic E-state index is 9.87. The second kappa shape index (κ2) is 3.79. The van der Waals surface area contributed by atoms with E-state index in [1.807, 2.05) is 19.1 Å². The first-order valence-corrected chi connectivity index (χ1v) is 5.23. The molecular formula is C11H17N3O. The quantitative estimate of drug-likeness (QED) is 0.741. The van der Waals surface area contributed by atoms with Gasteiger partial charge in [-0.3, -0.25) is 4.98 Å². The lowest BCUT2D eigenvalue weighted by Gasteiger charge is -2.21. The van der Waals surface area contributed by atoms with E-state index in [9.17, 15) is 5.11 Å². The molecule has 0 amide bonds. The number of nitrogens with two attached hydrogens (primary N) is 1. The molecule has 1 fully saturated rings. The maximum Gasteiger partial charge on any atom is 0.0810 e. The van der Waals surface area contributed by atoms with E-state index in [1.54, 1.807) is 6.20 Å². The Kier molecular flexibility index (Phi) is 2.63. The van der Waals surface area contributed by atoms with Gasteiger partial charge in [0.15, 0.2) is 0 Å². The van der Waals surface area contributed by atoms with Gasteiger partial charge in [0, 0.05) is 31.5 Å². The minimum Gasteiger partial charge on any atom is -0.388 e. The monoisotopic (exact) mass is 207 g/mol. The lowest BCUT2D eigenvalue weighted by atomic mass is 10.1. The summed E-state index contributed by atoms with van der Waals surface area (Å²) >= 11 is 0. The van der Waals surface area contributed by atoms with Gasteiger partial charge in [-0.15, -0.1) is 0 Å². The zero-order valence-corrected chi connectivity index (χ0v) is 8.98. The minimum atomic E-state index is -0.563. The number of anilines is 1. The summed E-state index contributed by atoms with van der Waals surface area (Å²) in [6.45, 7) is 3.90. The molecule has 1 unspecified atom stereocenters. The third-order valence-corrected chi connectivity index (χ3v) is 2.83. The Morgan fingerprint density at radius 1 is 1.67 bits per heavy atom. The van der Waals surface area contributed by atoms with E-state index < -0.39 is 5.60 Å². The highest BCUT2D eigenvalue weighted by molar-refractivity contribution is 5.48. The largest absolute Gasteiger partial charge is 0.388 e. The molecule has 2 rings (SSSR count). The zero-order chi connectivity index (χ0) is 10.9. The van der Waals surface area contributed by atoms with Gasteiger partial charge in [-0.05, 0) is 25.5 Å². The van der Waals surface area contributed by atoms with Crippen LogP contribution in [0.25, 0.3) is 0 Å². The predicted octanol–water partition coefficient (Wildman–Crippen LogP) is 0.501. The molecule has 15 heavy (non-hydrogen) atoms. The van der Waals surface area contributed by atoms with Crippen molar-refractivity contribution in [3.05, 3.63) is 24.0 Å². The van der Waals surface area contributed by atoms with Crippen LogP contribution in [-0.2, 0) is 6.54 Å². The molecule has 0 spiro atoms. The Balaban J connectivity index is 2.16. The van der Waals surface area contributed by atoms with Crippen molar-refractivity contribution in [3.8, 4) is 0 Å². The third kappa shape index (κ3) is 2.27. The number of hydrogen-bond donors (Lipinski definition) is 2. The van der Waals surface area contributed by atoms with Crippen molar-refractivity contribution in [2.24, 2.45) is 5.73 Å². The Bertz CT molecular complexity index is 351. The highest BCUT2D eigenvalue weighted by Crippen LogP contribution is 2.26. The molecule has 0 bridgehead atoms. The average Bonchev–Trinajstić information content (AvgIpc) is 2.59. The fourth-order valence-electron chi connectivity index (χ4n) is 1.94. The number of β-amino-alcohol motifs (C(OH)–C–C–N with tert-alkyl or cyclic N) is 1. The van der Waals surface area contributed by atoms with Gasteiger partial charge in [-0.2, -0.15) is 0 Å². The SMILES string of the molecule is CC1(O)CCN(c2ccnc(CN)c2)C1. The first kappa shape index (κ1) is 10.4. The topological polar surface area (TPSA) is 62.4 Å². The molecule has 0 radical (unpaired) electrons. The minimum absolute atomic E-state index is 0.456. The van der Waals surface area contributed by atoms with E-state index in [0.717, 1.165) is 24.3 Å². The first-order chi connectivity index (χ1) is 7.11. The van der Waals surface area contributed by atoms with Gasteiger partial charge in [-0.1, -0.05) is 0 Å². The van der Waals surface area contributed by atoms with Crippen molar-refractivity contribution in [3.63, 3.8) is 0 Å². The van der Waals surface area contributed by atoms with E-state index in [2.05, 4.69) is 9.88 Å². The molecule has 4 nitrogen and oxygen atoms in total. The molecule has 82 valence electrons. The molecule has 4 heteroatoms. The summed E-state index contributed by atoms with van der Waals surface area (Å²) in [7, 11) is 0. The molecule has 1 aliphatic heterocycles. The molecule has 2 heterocycles. The molecule has 1 aromatic rings. The summed E-state index contributed by atoms with van der Waals surface area (Å²) in [5.74, 6) is 0. The standard InChI is InChI=1S/C11H17N3O/c1-11(15)3-5-14(8-11)10-2-4-13-9(6-10)7-12/h2,4,6,15H,3,5,7-8,12H2,1H3. The number of pyridine rings is 1. The van der Waals surface area contributed by atoms with Crippen molar-refractivity contribution >= 4 is 5.69 Å². The van der Waals surface area contributed by atoms with E-state index in [0.29, 0.717) is 13.1 Å². The molecule has 1 aromatic heterocycles. The fourth-order valence-corrected chi connectivity index (χ4v) is 1.94. The number of nitrogens with zero attached hydrogens (tertiary/aromatic N) is 2. The van der Waals surface area contributed by atoms with Gasteiger partial charge in [0.25, 0.3) is 0 Å². The predicted molar refractivity (Wildman–Crippen MR) is 59.6 cm³/mol. The molecule has 0 aromatic carbocycles. The first-order valence-electron chi connectivity index (χ1n) is 5.23. The molecule has 0 saturated carbocycles. The summed E-state index contributed by atoms with van der Waals surface area (Å²) in [5.41, 5.74) is 6.97. The maximum atomic E-state index is 9.87. The molecule has 1 atom stereocenters. The molecule has 1 aliphatic rings. The smallest absolute Gasteiger partial charge is 0.0810 e. The van der Waals surface area contributed by atoms with Gasteiger partial charge >= 0.3 is 0 Å². The zero-order valence-electron chi connectivity index (χ0n) is 8.98. The van der Waals surface area contributed by atoms with Crippen LogP contribution in [0.3, 0.4) is 0 Å². The molecule has 3 N–H and O–H groups in total. The normalized spacial score (nSPS) is 25.9. The van der Waals surface area contributed by atoms with Gasteiger partial charge in [-0.25, -0.2) is 0 Å². The summed E-state index contributed by atoms with van der Waals surface area (Å²) in [6, 6.07) is 3.95. The van der Waals surface area contributed by atoms with Gasteiger partial charge in [0.1, 0.15) is 0 Å². The second-order valence-electron chi connectivity index (χ2n) is 4.38. The van der Waals surface area contributed by atoms with Crippen molar-refractivity contribution < 1.29 is 5.11 Å². The van der Waals surface area contributed by atoms with Crippen LogP contribution < -0.4 is 10.6 Å². The van der Waals surface area contributed by atoms with E-state index in [-0.39, 0.29) is 0 Å². The number of hydrogen-bond acceptors (Lipinski definition) is 4. The Labute approximate surface area is 89.7 Å². The van der Waals surface area contributed by atoms with Crippen LogP contribution in [0.4, 0.5) is 5.69 Å². The van der Waals surface area contributed by atoms with Crippen LogP contribution in [0, 0.1) is 0 Å². The Morgan fingerprint density at radius 3 is 3.07 bits per heavy atom. The van der Waals surface area contributed by atoms with Crippen molar-refractivity contribution in [1.82, 2.24) is 4.98 Å². The van der Waals surface area contributed by atoms with Crippen LogP contribution >= 0.6 is 0 Å². The van der Waals surface area contributed by atoms with Crippen LogP contribution in [-0.4, -0.2) is 28.8 Å². The van der Waals surface area contributed by atoms with E-state index in [1.165, 1.54) is 0 Å². The van der Waals surface area contributed by atoms with Crippen LogP contribution in [0.1, 0.15) is 19.0 Å². The Morgan fingerprint density at radius 2 is 2.47 bits per heavy atom. The number of rotatable bonds is 2. The number of aromatic nitrogens is 1. The second-order valence-corrected chi connectivity index (χ2v) is 4.38. The fraction of sp³-hybridized carbons (Fsp3) is 0.545. The van der Waals surface area contributed by atoms with Crippen LogP contribution in [0.5, 0.6) is 0 Å². The third-order valence-electron chi connectivity index (χ3n) is 2.83. The van der Waals surface area contributed by atoms with Gasteiger partial charge in [0.2, 0.25) is 0 Å². The van der Waals surface area contributed by atoms with Gasteiger partial charge in [0.05, 0.1) is 11.3 Å². The van der Waals surface area contributed by atoms with Crippen molar-refractivity contribution in [1.29, 1.82) is 0 Å². The highest BCUT2D eigenvalue weighted by Gasteiger charge is 2.31. The summed E-state index contributed by atoms with van der Waals surface area (Å²) < 4.78 is 0. The average molecular weight is 207 g/mol. The lowest BCUT2D eigenvalue weighted by Crippen LogP contribution is -2.29. The highest BCUT2D eigenvalue weighted by atomic mass is 16.3.